The highest BCUT2D eigenvalue weighted by atomic mass is 35.5. The average Bonchev–Trinajstić information content (AvgIpc) is 3.23. The van der Waals surface area contributed by atoms with Gasteiger partial charge in [0, 0.05) is 24.1 Å². The van der Waals surface area contributed by atoms with Gasteiger partial charge in [-0.15, -0.1) is 0 Å². The lowest BCUT2D eigenvalue weighted by Crippen LogP contribution is -2.55. The largest absolute Gasteiger partial charge is 0.489 e. The number of carbonyl (C=O) groups excluding carboxylic acids is 1. The van der Waals surface area contributed by atoms with Crippen LogP contribution in [-0.2, 0) is 4.79 Å². The fraction of sp³-hybridized carbons (Fsp3) is 0.667. The second-order valence-corrected chi connectivity index (χ2v) is 9.15. The Morgan fingerprint density at radius 2 is 2.10 bits per heavy atom. The third-order valence-electron chi connectivity index (χ3n) is 6.62. The van der Waals surface area contributed by atoms with Gasteiger partial charge in [-0.05, 0) is 69.2 Å². The van der Waals surface area contributed by atoms with Gasteiger partial charge in [-0.1, -0.05) is 11.6 Å². The van der Waals surface area contributed by atoms with Crippen molar-refractivity contribution in [2.45, 2.75) is 43.9 Å². The molecule has 8 heteroatoms. The molecular formula is C21H29ClFN3O3. The lowest BCUT2D eigenvalue weighted by molar-refractivity contribution is -0.125. The molecule has 3 aliphatic carbocycles. The van der Waals surface area contributed by atoms with Crippen LogP contribution in [0.3, 0.4) is 0 Å². The molecule has 1 amide bonds. The van der Waals surface area contributed by atoms with E-state index in [9.17, 15) is 14.3 Å². The molecule has 0 spiro atoms. The molecule has 4 fully saturated rings. The summed E-state index contributed by atoms with van der Waals surface area (Å²) >= 11 is 5.66. The van der Waals surface area contributed by atoms with Crippen LogP contribution >= 0.6 is 11.6 Å². The van der Waals surface area contributed by atoms with E-state index in [1.165, 1.54) is 12.1 Å². The molecule has 0 radical (unpaired) electrons. The van der Waals surface area contributed by atoms with Crippen LogP contribution in [0.25, 0.3) is 0 Å². The predicted octanol–water partition coefficient (Wildman–Crippen LogP) is 2.05. The van der Waals surface area contributed by atoms with Crippen LogP contribution in [0.4, 0.5) is 4.39 Å². The highest BCUT2D eigenvalue weighted by Crippen LogP contribution is 2.55. The van der Waals surface area contributed by atoms with Gasteiger partial charge in [-0.25, -0.2) is 4.39 Å². The van der Waals surface area contributed by atoms with Gasteiger partial charge < -0.3 is 20.5 Å². The zero-order valence-electron chi connectivity index (χ0n) is 16.4. The van der Waals surface area contributed by atoms with Crippen molar-refractivity contribution in [2.24, 2.45) is 17.8 Å². The minimum absolute atomic E-state index is 0.0000671. The molecule has 3 saturated carbocycles. The Labute approximate surface area is 175 Å². The summed E-state index contributed by atoms with van der Waals surface area (Å²) in [5.41, 5.74) is -0.199. The Morgan fingerprint density at radius 3 is 2.83 bits per heavy atom. The van der Waals surface area contributed by atoms with Crippen LogP contribution in [0, 0.1) is 23.6 Å². The number of aliphatic hydroxyl groups excluding tert-OH is 1. The van der Waals surface area contributed by atoms with E-state index in [4.69, 9.17) is 16.3 Å². The van der Waals surface area contributed by atoms with Crippen molar-refractivity contribution in [2.75, 3.05) is 26.2 Å². The van der Waals surface area contributed by atoms with E-state index in [0.29, 0.717) is 17.6 Å². The summed E-state index contributed by atoms with van der Waals surface area (Å²) in [5.74, 6) is 0.883. The zero-order valence-corrected chi connectivity index (χ0v) is 17.2. The normalized spacial score (nSPS) is 29.9. The number of nitrogens with one attached hydrogen (secondary N) is 3. The van der Waals surface area contributed by atoms with Crippen LogP contribution < -0.4 is 20.7 Å². The summed E-state index contributed by atoms with van der Waals surface area (Å²) < 4.78 is 18.9. The Hall–Kier alpha value is -1.41. The molecule has 1 saturated heterocycles. The quantitative estimate of drug-likeness (QED) is 0.479. The number of rotatable bonds is 8. The molecule has 4 aliphatic rings. The molecule has 4 N–H and O–H groups in total. The molecule has 1 heterocycles. The highest BCUT2D eigenvalue weighted by Gasteiger charge is 2.58. The topological polar surface area (TPSA) is 82.6 Å². The van der Waals surface area contributed by atoms with Crippen molar-refractivity contribution < 1.29 is 19.0 Å². The van der Waals surface area contributed by atoms with Crippen molar-refractivity contribution in [3.8, 4) is 5.75 Å². The minimum atomic E-state index is -0.883. The van der Waals surface area contributed by atoms with Gasteiger partial charge >= 0.3 is 0 Å². The van der Waals surface area contributed by atoms with Crippen molar-refractivity contribution in [3.63, 3.8) is 0 Å². The first-order valence-electron chi connectivity index (χ1n) is 10.5. The molecule has 0 aromatic heterocycles. The summed E-state index contributed by atoms with van der Waals surface area (Å²) in [7, 11) is 0. The molecule has 1 aromatic rings. The predicted molar refractivity (Wildman–Crippen MR) is 108 cm³/mol. The molecule has 6 nitrogen and oxygen atoms in total. The fourth-order valence-corrected chi connectivity index (χ4v) is 5.18. The van der Waals surface area contributed by atoms with Crippen LogP contribution in [-0.4, -0.2) is 49.0 Å². The number of amides is 1. The number of piperidine rings is 1. The van der Waals surface area contributed by atoms with Crippen molar-refractivity contribution in [1.29, 1.82) is 0 Å². The second kappa shape index (κ2) is 8.76. The number of hydrogen-bond donors (Lipinski definition) is 4. The number of halogens is 2. The van der Waals surface area contributed by atoms with E-state index in [1.807, 2.05) is 0 Å². The summed E-state index contributed by atoms with van der Waals surface area (Å²) in [5, 5.41) is 20.1. The molecule has 2 atom stereocenters. The molecule has 1 aliphatic heterocycles. The maximum absolute atomic E-state index is 13.5. The maximum atomic E-state index is 13.5. The number of ether oxygens (including phenoxy) is 1. The molecule has 2 bridgehead atoms. The van der Waals surface area contributed by atoms with Gasteiger partial charge in [0.25, 0.3) is 0 Å². The van der Waals surface area contributed by atoms with Crippen LogP contribution in [0.2, 0.25) is 5.02 Å². The summed E-state index contributed by atoms with van der Waals surface area (Å²) in [6.45, 7) is 2.82. The lowest BCUT2D eigenvalue weighted by atomic mass is 9.76. The van der Waals surface area contributed by atoms with E-state index in [2.05, 4.69) is 16.0 Å². The first-order valence-corrected chi connectivity index (χ1v) is 10.8. The number of aliphatic hydroxyl groups is 1. The van der Waals surface area contributed by atoms with Crippen molar-refractivity contribution in [3.05, 3.63) is 29.0 Å². The second-order valence-electron chi connectivity index (χ2n) is 8.74. The van der Waals surface area contributed by atoms with Gasteiger partial charge in [0.15, 0.2) is 0 Å². The van der Waals surface area contributed by atoms with Crippen LogP contribution in [0.1, 0.15) is 32.1 Å². The monoisotopic (exact) mass is 425 g/mol. The van der Waals surface area contributed by atoms with E-state index in [0.717, 1.165) is 51.7 Å². The maximum Gasteiger partial charge on any atom is 0.223 e. The number of carbonyl (C=O) groups is 1. The molecule has 29 heavy (non-hydrogen) atoms. The number of benzene rings is 1. The van der Waals surface area contributed by atoms with Crippen molar-refractivity contribution >= 4 is 17.5 Å². The van der Waals surface area contributed by atoms with E-state index < -0.39 is 12.0 Å². The van der Waals surface area contributed by atoms with Gasteiger partial charge in [-0.3, -0.25) is 10.1 Å². The van der Waals surface area contributed by atoms with Crippen LogP contribution in [0.5, 0.6) is 5.75 Å². The third-order valence-corrected chi connectivity index (χ3v) is 6.92. The number of hydrogen-bond acceptors (Lipinski definition) is 5. The lowest BCUT2D eigenvalue weighted by Gasteiger charge is -2.41. The van der Waals surface area contributed by atoms with Gasteiger partial charge in [-0.2, -0.15) is 0 Å². The van der Waals surface area contributed by atoms with E-state index >= 15 is 0 Å². The van der Waals surface area contributed by atoms with Crippen LogP contribution in [0.15, 0.2) is 18.2 Å². The first-order chi connectivity index (χ1) is 13.9. The van der Waals surface area contributed by atoms with Gasteiger partial charge in [0.2, 0.25) is 5.91 Å². The Balaban J connectivity index is 1.21. The Morgan fingerprint density at radius 1 is 1.34 bits per heavy atom. The first kappa shape index (κ1) is 20.8. The molecular weight excluding hydrogens is 397 g/mol. The summed E-state index contributed by atoms with van der Waals surface area (Å²) in [6.07, 6.45) is 3.87. The van der Waals surface area contributed by atoms with Gasteiger partial charge in [0.05, 0.1) is 5.02 Å². The third kappa shape index (κ3) is 4.85. The number of fused-ring (bicyclic) bond motifs is 1. The zero-order chi connectivity index (χ0) is 20.4. The van der Waals surface area contributed by atoms with Gasteiger partial charge in [0.1, 0.15) is 24.4 Å². The molecule has 1 aromatic carbocycles. The van der Waals surface area contributed by atoms with E-state index in [-0.39, 0.29) is 29.0 Å². The molecule has 1 unspecified atom stereocenters. The SMILES string of the molecule is O=C(NCC1CCNCC1)[C@H]1CC2(NC(O)COc3ccc(Cl)c(F)c3)CC1C2. The Kier molecular flexibility index (Phi) is 6.30. The fourth-order valence-electron chi connectivity index (χ4n) is 5.07. The smallest absolute Gasteiger partial charge is 0.223 e. The molecule has 160 valence electrons. The van der Waals surface area contributed by atoms with E-state index in [1.54, 1.807) is 6.07 Å². The summed E-state index contributed by atoms with van der Waals surface area (Å²) in [6, 6.07) is 4.18. The summed E-state index contributed by atoms with van der Waals surface area (Å²) in [4.78, 5) is 12.6. The highest BCUT2D eigenvalue weighted by molar-refractivity contribution is 6.30. The average molecular weight is 426 g/mol. The minimum Gasteiger partial charge on any atom is -0.489 e. The standard InChI is InChI=1S/C21H29ClFN3O3/c22-17-2-1-15(7-18(17)23)29-12-19(27)26-21-8-14(9-21)16(10-21)20(28)25-11-13-3-5-24-6-4-13/h1-2,7,13-14,16,19,24,26-27H,3-6,8-12H2,(H,25,28)/t14?,16-,19?,21?/m0/s1. The molecule has 5 rings (SSSR count). The Bertz CT molecular complexity index is 738. The van der Waals surface area contributed by atoms with Crippen molar-refractivity contribution in [1.82, 2.24) is 16.0 Å².